The van der Waals surface area contributed by atoms with E-state index < -0.39 is 6.10 Å². The van der Waals surface area contributed by atoms with Gasteiger partial charge in [-0.25, -0.2) is 0 Å². The Balaban J connectivity index is 1.77. The number of carbonyl (C=O) groups is 2. The van der Waals surface area contributed by atoms with Gasteiger partial charge in [0.15, 0.2) is 12.7 Å². The Labute approximate surface area is 161 Å². The molecule has 1 atom stereocenters. The quantitative estimate of drug-likeness (QED) is 0.870. The first-order valence-corrected chi connectivity index (χ1v) is 8.51. The van der Waals surface area contributed by atoms with Gasteiger partial charge in [0.05, 0.1) is 28.9 Å². The van der Waals surface area contributed by atoms with Gasteiger partial charge in [-0.1, -0.05) is 23.7 Å². The molecule has 2 aromatic rings. The van der Waals surface area contributed by atoms with Crippen LogP contribution in [0.15, 0.2) is 42.5 Å². The summed E-state index contributed by atoms with van der Waals surface area (Å²) in [6, 6.07) is 13.5. The lowest BCUT2D eigenvalue weighted by molar-refractivity contribution is -0.128. The summed E-state index contributed by atoms with van der Waals surface area (Å²) in [6.07, 6.45) is -0.813. The largest absolute Gasteiger partial charge is 0.482 e. The Morgan fingerprint density at radius 2 is 2.15 bits per heavy atom. The zero-order valence-corrected chi connectivity index (χ0v) is 15.2. The number of likely N-dealkylation sites (N-methyl/N-ethyl adjacent to an activating group) is 1. The van der Waals surface area contributed by atoms with Gasteiger partial charge in [0.25, 0.3) is 11.8 Å². The van der Waals surface area contributed by atoms with Gasteiger partial charge in [-0.15, -0.1) is 0 Å². The fraction of sp³-hybridized carbons (Fsp3) is 0.211. The van der Waals surface area contributed by atoms with Crippen molar-refractivity contribution in [2.75, 3.05) is 25.1 Å². The summed E-state index contributed by atoms with van der Waals surface area (Å²) >= 11 is 6.07. The smallest absolute Gasteiger partial charge is 0.265 e. The monoisotopic (exact) mass is 385 g/mol. The van der Waals surface area contributed by atoms with Gasteiger partial charge in [-0.2, -0.15) is 5.26 Å². The number of nitriles is 1. The van der Waals surface area contributed by atoms with E-state index in [4.69, 9.17) is 26.3 Å². The molecule has 7 nitrogen and oxygen atoms in total. The van der Waals surface area contributed by atoms with E-state index in [0.717, 1.165) is 0 Å². The zero-order valence-electron chi connectivity index (χ0n) is 14.4. The van der Waals surface area contributed by atoms with Gasteiger partial charge in [0, 0.05) is 7.05 Å². The van der Waals surface area contributed by atoms with Crippen LogP contribution in [0.25, 0.3) is 0 Å². The number of carbonyl (C=O) groups excluding carboxylic acids is 2. The molecular weight excluding hydrogens is 370 g/mol. The topological polar surface area (TPSA) is 91.7 Å². The third-order valence-corrected chi connectivity index (χ3v) is 4.32. The van der Waals surface area contributed by atoms with Crippen LogP contribution in [0.3, 0.4) is 0 Å². The summed E-state index contributed by atoms with van der Waals surface area (Å²) < 4.78 is 11.2. The van der Waals surface area contributed by atoms with Gasteiger partial charge < -0.3 is 19.7 Å². The molecule has 1 heterocycles. The van der Waals surface area contributed by atoms with Crippen molar-refractivity contribution in [2.24, 2.45) is 0 Å². The fourth-order valence-electron chi connectivity index (χ4n) is 2.67. The van der Waals surface area contributed by atoms with Crippen molar-refractivity contribution < 1.29 is 19.1 Å². The van der Waals surface area contributed by atoms with Crippen LogP contribution in [0.2, 0.25) is 5.02 Å². The van der Waals surface area contributed by atoms with Gasteiger partial charge >= 0.3 is 0 Å². The molecule has 1 N–H and O–H groups in total. The van der Waals surface area contributed by atoms with E-state index in [1.54, 1.807) is 30.3 Å². The summed E-state index contributed by atoms with van der Waals surface area (Å²) in [4.78, 5) is 26.2. The average Bonchev–Trinajstić information content (AvgIpc) is 2.71. The molecule has 0 unspecified atom stereocenters. The Kier molecular flexibility index (Phi) is 5.48. The maximum absolute atomic E-state index is 12.7. The molecule has 0 bridgehead atoms. The van der Waals surface area contributed by atoms with Crippen LogP contribution in [-0.2, 0) is 9.59 Å². The molecule has 0 radical (unpaired) electrons. The van der Waals surface area contributed by atoms with Crippen molar-refractivity contribution in [1.82, 2.24) is 5.32 Å². The first-order valence-electron chi connectivity index (χ1n) is 8.13. The van der Waals surface area contributed by atoms with Crippen LogP contribution < -0.4 is 19.7 Å². The molecule has 1 aliphatic heterocycles. The third kappa shape index (κ3) is 3.96. The number of anilines is 1. The van der Waals surface area contributed by atoms with E-state index in [-0.39, 0.29) is 30.0 Å². The van der Waals surface area contributed by atoms with Crippen molar-refractivity contribution >= 4 is 29.1 Å². The maximum Gasteiger partial charge on any atom is 0.265 e. The number of fused-ring (bicyclic) bond motifs is 1. The third-order valence-electron chi connectivity index (χ3n) is 4.03. The second-order valence-electron chi connectivity index (χ2n) is 5.74. The number of benzene rings is 2. The van der Waals surface area contributed by atoms with E-state index in [1.807, 2.05) is 6.07 Å². The van der Waals surface area contributed by atoms with Crippen LogP contribution in [0.4, 0.5) is 5.69 Å². The number of nitrogens with zero attached hydrogens (tertiary/aromatic N) is 2. The molecule has 0 fully saturated rings. The number of halogens is 1. The first kappa shape index (κ1) is 18.5. The summed E-state index contributed by atoms with van der Waals surface area (Å²) in [7, 11) is 1.51. The minimum absolute atomic E-state index is 0.0694. The van der Waals surface area contributed by atoms with E-state index in [1.165, 1.54) is 24.1 Å². The summed E-state index contributed by atoms with van der Waals surface area (Å²) in [5.41, 5.74) is 0.964. The SMILES string of the molecule is CNC(=O)[C@@H]1CN(C(=O)COc2ccc(C#N)cc2Cl)c2ccccc2O1. The predicted octanol–water partition coefficient (Wildman–Crippen LogP) is 2.13. The van der Waals surface area contributed by atoms with Gasteiger partial charge in [-0.05, 0) is 30.3 Å². The van der Waals surface area contributed by atoms with E-state index in [0.29, 0.717) is 22.7 Å². The lowest BCUT2D eigenvalue weighted by Crippen LogP contribution is -2.51. The summed E-state index contributed by atoms with van der Waals surface area (Å²) in [5, 5.41) is 11.6. The Morgan fingerprint density at radius 1 is 1.37 bits per heavy atom. The lowest BCUT2D eigenvalue weighted by atomic mass is 10.1. The Hall–Kier alpha value is -3.24. The van der Waals surface area contributed by atoms with Crippen molar-refractivity contribution in [3.63, 3.8) is 0 Å². The zero-order chi connectivity index (χ0) is 19.4. The molecule has 2 amide bonds. The molecule has 0 aromatic heterocycles. The molecule has 3 rings (SSSR count). The molecule has 138 valence electrons. The van der Waals surface area contributed by atoms with E-state index >= 15 is 0 Å². The number of hydrogen-bond acceptors (Lipinski definition) is 5. The molecule has 8 heteroatoms. The average molecular weight is 386 g/mol. The van der Waals surface area contributed by atoms with Crippen molar-refractivity contribution in [1.29, 1.82) is 5.26 Å². The molecule has 0 aliphatic carbocycles. The van der Waals surface area contributed by atoms with E-state index in [2.05, 4.69) is 5.32 Å². The van der Waals surface area contributed by atoms with Crippen LogP contribution in [0.5, 0.6) is 11.5 Å². The van der Waals surface area contributed by atoms with Crippen molar-refractivity contribution in [3.8, 4) is 17.6 Å². The van der Waals surface area contributed by atoms with Crippen LogP contribution >= 0.6 is 11.6 Å². The van der Waals surface area contributed by atoms with Crippen LogP contribution in [0, 0.1) is 11.3 Å². The molecule has 0 saturated carbocycles. The standard InChI is InChI=1S/C19H16ClN3O4/c1-22-19(25)17-10-23(14-4-2-3-5-16(14)27-17)18(24)11-26-15-7-6-12(9-21)8-13(15)20/h2-8,17H,10-11H2,1H3,(H,22,25)/t17-/m0/s1. The Bertz CT molecular complexity index is 925. The minimum Gasteiger partial charge on any atom is -0.482 e. The lowest BCUT2D eigenvalue weighted by Gasteiger charge is -2.33. The second kappa shape index (κ2) is 7.98. The highest BCUT2D eigenvalue weighted by molar-refractivity contribution is 6.32. The molecule has 2 aromatic carbocycles. The molecule has 1 aliphatic rings. The normalized spacial score (nSPS) is 15.1. The number of para-hydroxylation sites is 2. The molecular formula is C19H16ClN3O4. The molecule has 0 spiro atoms. The summed E-state index contributed by atoms with van der Waals surface area (Å²) in [5.74, 6) is 0.0777. The minimum atomic E-state index is -0.813. The van der Waals surface area contributed by atoms with E-state index in [9.17, 15) is 9.59 Å². The fourth-order valence-corrected chi connectivity index (χ4v) is 2.91. The van der Waals surface area contributed by atoms with Gasteiger partial charge in [0.1, 0.15) is 11.5 Å². The first-order chi connectivity index (χ1) is 13.0. The van der Waals surface area contributed by atoms with Gasteiger partial charge in [-0.3, -0.25) is 9.59 Å². The molecule has 0 saturated heterocycles. The number of amides is 2. The van der Waals surface area contributed by atoms with Crippen LogP contribution in [0.1, 0.15) is 5.56 Å². The maximum atomic E-state index is 12.7. The predicted molar refractivity (Wildman–Crippen MR) is 98.9 cm³/mol. The van der Waals surface area contributed by atoms with Gasteiger partial charge in [0.2, 0.25) is 0 Å². The highest BCUT2D eigenvalue weighted by atomic mass is 35.5. The number of rotatable bonds is 4. The highest BCUT2D eigenvalue weighted by Crippen LogP contribution is 2.33. The number of hydrogen-bond donors (Lipinski definition) is 1. The second-order valence-corrected chi connectivity index (χ2v) is 6.15. The van der Waals surface area contributed by atoms with Crippen LogP contribution in [-0.4, -0.2) is 38.1 Å². The number of nitrogens with one attached hydrogen (secondary N) is 1. The summed E-state index contributed by atoms with van der Waals surface area (Å²) in [6.45, 7) is -0.208. The molecule has 27 heavy (non-hydrogen) atoms. The Morgan fingerprint density at radius 3 is 2.85 bits per heavy atom. The van der Waals surface area contributed by atoms with Crippen molar-refractivity contribution in [2.45, 2.75) is 6.10 Å². The highest BCUT2D eigenvalue weighted by Gasteiger charge is 2.33. The number of ether oxygens (including phenoxy) is 2. The van der Waals surface area contributed by atoms with Crippen molar-refractivity contribution in [3.05, 3.63) is 53.1 Å².